The zero-order valence-corrected chi connectivity index (χ0v) is 20.7. The smallest absolute Gasteiger partial charge is 0.339 e. The molecule has 0 aliphatic carbocycles. The van der Waals surface area contributed by atoms with E-state index in [1.54, 1.807) is 0 Å². The van der Waals surface area contributed by atoms with Crippen molar-refractivity contribution in [1.29, 1.82) is 0 Å². The maximum Gasteiger partial charge on any atom is 0.339 e. The summed E-state index contributed by atoms with van der Waals surface area (Å²) in [4.78, 5) is 38.5. The van der Waals surface area contributed by atoms with Crippen molar-refractivity contribution < 1.29 is 42.8 Å². The normalized spacial score (nSPS) is 10.0. The van der Waals surface area contributed by atoms with Crippen LogP contribution in [0.15, 0.2) is 56.7 Å². The van der Waals surface area contributed by atoms with E-state index in [1.165, 1.54) is 37.0 Å². The third-order valence-electron chi connectivity index (χ3n) is 4.73. The molecule has 0 bridgehead atoms. The third kappa shape index (κ3) is 12.1. The van der Waals surface area contributed by atoms with Gasteiger partial charge in [-0.25, -0.2) is 14.4 Å². The number of carbonyl (C=O) groups is 3. The molecule has 9 nitrogen and oxygen atoms in total. The van der Waals surface area contributed by atoms with Crippen molar-refractivity contribution >= 4 is 17.9 Å². The molecule has 0 N–H and O–H groups in total. The zero-order valence-electron chi connectivity index (χ0n) is 20.7. The molecule has 0 saturated heterocycles. The van der Waals surface area contributed by atoms with Gasteiger partial charge in [0.15, 0.2) is 0 Å². The Hall–Kier alpha value is -3.75. The van der Waals surface area contributed by atoms with Crippen LogP contribution in [0, 0.1) is 0 Å². The fourth-order valence-electron chi connectivity index (χ4n) is 2.95. The van der Waals surface area contributed by atoms with Crippen LogP contribution in [0.3, 0.4) is 0 Å². The van der Waals surface area contributed by atoms with Gasteiger partial charge in [-0.05, 0) is 50.7 Å². The molecule has 1 aromatic rings. The van der Waals surface area contributed by atoms with E-state index in [1.807, 2.05) is 0 Å². The minimum atomic E-state index is -0.807. The van der Waals surface area contributed by atoms with Gasteiger partial charge in [0.2, 0.25) is 0 Å². The fraction of sp³-hybridized carbons (Fsp3) is 0.444. The molecule has 0 atom stereocenters. The SMILES string of the molecule is C=COCCCCOC(=O)c1cccc(C(=O)OCCCCOC=C)c1C(=O)OCCCCOC=C. The van der Waals surface area contributed by atoms with Crippen molar-refractivity contribution in [2.45, 2.75) is 38.5 Å². The Labute approximate surface area is 212 Å². The third-order valence-corrected chi connectivity index (χ3v) is 4.73. The lowest BCUT2D eigenvalue weighted by molar-refractivity contribution is 0.0424. The quantitative estimate of drug-likeness (QED) is 0.0991. The average Bonchev–Trinajstić information content (AvgIpc) is 2.89. The van der Waals surface area contributed by atoms with Crippen LogP contribution in [-0.4, -0.2) is 57.5 Å². The summed E-state index contributed by atoms with van der Waals surface area (Å²) < 4.78 is 31.1. The topological polar surface area (TPSA) is 107 Å². The minimum absolute atomic E-state index is 0.0637. The van der Waals surface area contributed by atoms with E-state index >= 15 is 0 Å². The first-order valence-corrected chi connectivity index (χ1v) is 11.9. The van der Waals surface area contributed by atoms with Crippen LogP contribution in [-0.2, 0) is 28.4 Å². The average molecular weight is 505 g/mol. The number of ether oxygens (including phenoxy) is 6. The second-order valence-corrected chi connectivity index (χ2v) is 7.37. The van der Waals surface area contributed by atoms with Crippen LogP contribution in [0.5, 0.6) is 0 Å². The first kappa shape index (κ1) is 30.3. The molecular formula is C27H36O9. The van der Waals surface area contributed by atoms with Crippen molar-refractivity contribution in [1.82, 2.24) is 0 Å². The van der Waals surface area contributed by atoms with Crippen LogP contribution in [0.25, 0.3) is 0 Å². The van der Waals surface area contributed by atoms with Gasteiger partial charge < -0.3 is 28.4 Å². The number of rotatable bonds is 21. The van der Waals surface area contributed by atoms with Gasteiger partial charge in [0.1, 0.15) is 0 Å². The Bertz CT molecular complexity index is 797. The van der Waals surface area contributed by atoms with E-state index in [2.05, 4.69) is 19.7 Å². The van der Waals surface area contributed by atoms with E-state index < -0.39 is 17.9 Å². The minimum Gasteiger partial charge on any atom is -0.502 e. The number of benzene rings is 1. The summed E-state index contributed by atoms with van der Waals surface area (Å²) in [5, 5.41) is 0. The number of carbonyl (C=O) groups excluding carboxylic acids is 3. The molecule has 36 heavy (non-hydrogen) atoms. The molecule has 1 aromatic carbocycles. The molecule has 0 radical (unpaired) electrons. The molecule has 0 fully saturated rings. The summed E-state index contributed by atoms with van der Waals surface area (Å²) in [6.45, 7) is 12.1. The number of esters is 3. The summed E-state index contributed by atoms with van der Waals surface area (Å²) >= 11 is 0. The second kappa shape index (κ2) is 19.5. The van der Waals surface area contributed by atoms with Crippen molar-refractivity contribution in [2.75, 3.05) is 39.6 Å². The van der Waals surface area contributed by atoms with Gasteiger partial charge in [0.25, 0.3) is 0 Å². The van der Waals surface area contributed by atoms with Crippen molar-refractivity contribution in [3.8, 4) is 0 Å². The van der Waals surface area contributed by atoms with Gasteiger partial charge in [0.05, 0.1) is 75.1 Å². The highest BCUT2D eigenvalue weighted by atomic mass is 16.5. The highest BCUT2D eigenvalue weighted by Gasteiger charge is 2.27. The van der Waals surface area contributed by atoms with E-state index in [9.17, 15) is 14.4 Å². The molecule has 0 unspecified atom stereocenters. The summed E-state index contributed by atoms with van der Waals surface area (Å²) in [7, 11) is 0. The van der Waals surface area contributed by atoms with Gasteiger partial charge in [0, 0.05) is 0 Å². The summed E-state index contributed by atoms with van der Waals surface area (Å²) in [5.74, 6) is -2.28. The van der Waals surface area contributed by atoms with Crippen LogP contribution in [0.1, 0.15) is 69.6 Å². The standard InChI is InChI=1S/C27H36O9/c1-4-31-16-7-10-19-34-25(28)22-14-13-15-23(26(29)35-20-11-8-17-32-5-2)24(22)27(30)36-21-12-9-18-33-6-3/h4-6,13-15H,1-3,7-12,16-21H2. The monoisotopic (exact) mass is 504 g/mol. The molecule has 0 aliphatic heterocycles. The van der Waals surface area contributed by atoms with E-state index in [4.69, 9.17) is 28.4 Å². The number of hydrogen-bond acceptors (Lipinski definition) is 9. The molecule has 0 aromatic heterocycles. The van der Waals surface area contributed by atoms with Crippen LogP contribution < -0.4 is 0 Å². The second-order valence-electron chi connectivity index (χ2n) is 7.37. The highest BCUT2D eigenvalue weighted by Crippen LogP contribution is 2.20. The molecule has 0 heterocycles. The fourth-order valence-corrected chi connectivity index (χ4v) is 2.95. The predicted molar refractivity (Wildman–Crippen MR) is 133 cm³/mol. The Morgan fingerprint density at radius 1 is 0.556 bits per heavy atom. The molecule has 0 spiro atoms. The van der Waals surface area contributed by atoms with Gasteiger partial charge in [-0.15, -0.1) is 0 Å². The van der Waals surface area contributed by atoms with Gasteiger partial charge >= 0.3 is 17.9 Å². The predicted octanol–water partition coefficient (Wildman–Crippen LogP) is 4.98. The Kier molecular flexibility index (Phi) is 16.4. The summed E-state index contributed by atoms with van der Waals surface area (Å²) in [5.41, 5.74) is -0.308. The van der Waals surface area contributed by atoms with Crippen LogP contribution in [0.2, 0.25) is 0 Å². The zero-order chi connectivity index (χ0) is 26.4. The Morgan fingerprint density at radius 3 is 1.25 bits per heavy atom. The van der Waals surface area contributed by atoms with Gasteiger partial charge in [-0.2, -0.15) is 0 Å². The molecule has 0 aliphatic rings. The molecular weight excluding hydrogens is 468 g/mol. The molecule has 9 heteroatoms. The van der Waals surface area contributed by atoms with Gasteiger partial charge in [-0.3, -0.25) is 0 Å². The van der Waals surface area contributed by atoms with Gasteiger partial charge in [-0.1, -0.05) is 25.8 Å². The number of unbranched alkanes of at least 4 members (excludes halogenated alkanes) is 3. The van der Waals surface area contributed by atoms with E-state index in [0.717, 1.165) is 0 Å². The Morgan fingerprint density at radius 2 is 0.889 bits per heavy atom. The molecule has 0 saturated carbocycles. The van der Waals surface area contributed by atoms with Crippen molar-refractivity contribution in [3.63, 3.8) is 0 Å². The Balaban J connectivity index is 2.89. The largest absolute Gasteiger partial charge is 0.502 e. The van der Waals surface area contributed by atoms with E-state index in [-0.39, 0.29) is 36.5 Å². The van der Waals surface area contributed by atoms with Crippen LogP contribution in [0.4, 0.5) is 0 Å². The lowest BCUT2D eigenvalue weighted by Crippen LogP contribution is -2.20. The maximum atomic E-state index is 12.9. The van der Waals surface area contributed by atoms with Crippen LogP contribution >= 0.6 is 0 Å². The number of hydrogen-bond donors (Lipinski definition) is 0. The lowest BCUT2D eigenvalue weighted by atomic mass is 10.0. The molecule has 198 valence electrons. The maximum absolute atomic E-state index is 12.9. The van der Waals surface area contributed by atoms with Crippen molar-refractivity contribution in [3.05, 3.63) is 73.4 Å². The molecule has 1 rings (SSSR count). The highest BCUT2D eigenvalue weighted by molar-refractivity contribution is 6.10. The first-order valence-electron chi connectivity index (χ1n) is 11.9. The first-order chi connectivity index (χ1) is 17.6. The molecule has 0 amide bonds. The summed E-state index contributed by atoms with van der Waals surface area (Å²) in [6, 6.07) is 4.33. The lowest BCUT2D eigenvalue weighted by Gasteiger charge is -2.14. The van der Waals surface area contributed by atoms with Crippen molar-refractivity contribution in [2.24, 2.45) is 0 Å². The van der Waals surface area contributed by atoms with E-state index in [0.29, 0.717) is 58.3 Å². The summed E-state index contributed by atoms with van der Waals surface area (Å²) in [6.07, 6.45) is 7.64.